The van der Waals surface area contributed by atoms with Gasteiger partial charge in [-0.3, -0.25) is 19.4 Å². The SMILES string of the molecule is O=C1[C@H]2[C@@H](c3ccncc3)N(c3ccccc3)O[C@H]2C(=O)N1c1ccc(Br)cc1. The van der Waals surface area contributed by atoms with Gasteiger partial charge in [-0.1, -0.05) is 34.1 Å². The van der Waals surface area contributed by atoms with Crippen LogP contribution in [0.25, 0.3) is 0 Å². The predicted octanol–water partition coefficient (Wildman–Crippen LogP) is 3.90. The number of nitrogens with zero attached hydrogens (tertiary/aromatic N) is 3. The first-order chi connectivity index (χ1) is 14.1. The first-order valence-corrected chi connectivity index (χ1v) is 9.99. The fraction of sp³-hybridized carbons (Fsp3) is 0.136. The Labute approximate surface area is 175 Å². The van der Waals surface area contributed by atoms with E-state index in [1.165, 1.54) is 4.90 Å². The molecular weight excluding hydrogens is 434 g/mol. The average Bonchev–Trinajstić information content (AvgIpc) is 3.27. The highest BCUT2D eigenvalue weighted by Crippen LogP contribution is 2.47. The van der Waals surface area contributed by atoms with E-state index in [0.29, 0.717) is 5.69 Å². The maximum Gasteiger partial charge on any atom is 0.266 e. The van der Waals surface area contributed by atoms with Crippen molar-refractivity contribution in [1.29, 1.82) is 0 Å². The molecule has 6 nitrogen and oxygen atoms in total. The number of carbonyl (C=O) groups is 2. The molecule has 2 fully saturated rings. The number of amides is 2. The zero-order chi connectivity index (χ0) is 20.0. The summed E-state index contributed by atoms with van der Waals surface area (Å²) in [4.78, 5) is 38.0. The minimum atomic E-state index is -0.871. The molecule has 2 amide bonds. The van der Waals surface area contributed by atoms with Gasteiger partial charge in [-0.15, -0.1) is 0 Å². The summed E-state index contributed by atoms with van der Waals surface area (Å²) >= 11 is 3.38. The monoisotopic (exact) mass is 449 g/mol. The van der Waals surface area contributed by atoms with Gasteiger partial charge in [0.2, 0.25) is 5.91 Å². The van der Waals surface area contributed by atoms with E-state index in [-0.39, 0.29) is 11.8 Å². The molecule has 2 saturated heterocycles. The number of rotatable bonds is 3. The summed E-state index contributed by atoms with van der Waals surface area (Å²) in [5, 5.41) is 1.68. The molecule has 29 heavy (non-hydrogen) atoms. The van der Waals surface area contributed by atoms with E-state index in [2.05, 4.69) is 20.9 Å². The van der Waals surface area contributed by atoms with Crippen LogP contribution in [0, 0.1) is 5.92 Å². The van der Waals surface area contributed by atoms with Crippen LogP contribution in [0.4, 0.5) is 11.4 Å². The van der Waals surface area contributed by atoms with Gasteiger partial charge in [0.1, 0.15) is 5.92 Å². The van der Waals surface area contributed by atoms with Crippen molar-refractivity contribution in [2.24, 2.45) is 5.92 Å². The van der Waals surface area contributed by atoms with Crippen LogP contribution < -0.4 is 9.96 Å². The van der Waals surface area contributed by atoms with Crippen LogP contribution in [-0.2, 0) is 14.4 Å². The van der Waals surface area contributed by atoms with Crippen molar-refractivity contribution in [3.8, 4) is 0 Å². The van der Waals surface area contributed by atoms with Crippen molar-refractivity contribution in [2.75, 3.05) is 9.96 Å². The summed E-state index contributed by atoms with van der Waals surface area (Å²) < 4.78 is 0.877. The number of imide groups is 1. The minimum Gasteiger partial charge on any atom is -0.273 e. The fourth-order valence-electron chi connectivity index (χ4n) is 3.96. The number of aromatic nitrogens is 1. The van der Waals surface area contributed by atoms with Gasteiger partial charge in [0.05, 0.1) is 17.4 Å². The number of para-hydroxylation sites is 1. The number of hydrogen-bond acceptors (Lipinski definition) is 5. The number of pyridine rings is 1. The molecule has 3 aromatic rings. The van der Waals surface area contributed by atoms with Gasteiger partial charge in [0, 0.05) is 16.9 Å². The number of hydrogen-bond donors (Lipinski definition) is 0. The second-order valence-electron chi connectivity index (χ2n) is 6.93. The van der Waals surface area contributed by atoms with E-state index in [1.807, 2.05) is 54.6 Å². The van der Waals surface area contributed by atoms with Gasteiger partial charge in [0.25, 0.3) is 5.91 Å². The molecule has 0 spiro atoms. The highest BCUT2D eigenvalue weighted by atomic mass is 79.9. The fourth-order valence-corrected chi connectivity index (χ4v) is 4.22. The van der Waals surface area contributed by atoms with Crippen LogP contribution >= 0.6 is 15.9 Å². The van der Waals surface area contributed by atoms with Crippen molar-refractivity contribution >= 4 is 39.1 Å². The van der Waals surface area contributed by atoms with E-state index in [9.17, 15) is 9.59 Å². The Bertz CT molecular complexity index is 1060. The largest absolute Gasteiger partial charge is 0.273 e. The van der Waals surface area contributed by atoms with Crippen LogP contribution in [0.15, 0.2) is 83.6 Å². The molecule has 0 bridgehead atoms. The molecule has 5 rings (SSSR count). The molecule has 144 valence electrons. The lowest BCUT2D eigenvalue weighted by molar-refractivity contribution is -0.126. The summed E-state index contributed by atoms with van der Waals surface area (Å²) in [6.45, 7) is 0. The number of carbonyl (C=O) groups excluding carboxylic acids is 2. The second kappa shape index (κ2) is 7.09. The summed E-state index contributed by atoms with van der Waals surface area (Å²) in [6.07, 6.45) is 2.49. The maximum atomic E-state index is 13.4. The van der Waals surface area contributed by atoms with Crippen molar-refractivity contribution in [3.05, 3.63) is 89.2 Å². The molecule has 0 aliphatic carbocycles. The zero-order valence-electron chi connectivity index (χ0n) is 15.2. The average molecular weight is 450 g/mol. The van der Waals surface area contributed by atoms with Gasteiger partial charge in [-0.25, -0.2) is 9.96 Å². The molecule has 2 aliphatic rings. The number of halogens is 1. The molecule has 3 heterocycles. The normalized spacial score (nSPS) is 23.6. The maximum absolute atomic E-state index is 13.4. The van der Waals surface area contributed by atoms with Crippen LogP contribution in [0.3, 0.4) is 0 Å². The number of hydroxylamine groups is 1. The zero-order valence-corrected chi connectivity index (χ0v) is 16.8. The molecule has 0 N–H and O–H groups in total. The summed E-state index contributed by atoms with van der Waals surface area (Å²) in [7, 11) is 0. The molecule has 0 saturated carbocycles. The predicted molar refractivity (Wildman–Crippen MR) is 111 cm³/mol. The highest BCUT2D eigenvalue weighted by molar-refractivity contribution is 9.10. The summed E-state index contributed by atoms with van der Waals surface area (Å²) in [5.74, 6) is -1.25. The van der Waals surface area contributed by atoms with Crippen molar-refractivity contribution < 1.29 is 14.4 Å². The summed E-state index contributed by atoms with van der Waals surface area (Å²) in [6, 6.07) is 19.9. The van der Waals surface area contributed by atoms with E-state index in [1.54, 1.807) is 29.6 Å². The van der Waals surface area contributed by atoms with E-state index in [0.717, 1.165) is 15.7 Å². The Balaban J connectivity index is 1.58. The first-order valence-electron chi connectivity index (χ1n) is 9.19. The Morgan fingerprint density at radius 2 is 1.52 bits per heavy atom. The molecule has 3 atom stereocenters. The van der Waals surface area contributed by atoms with Gasteiger partial charge in [-0.05, 0) is 54.1 Å². The van der Waals surface area contributed by atoms with Gasteiger partial charge >= 0.3 is 0 Å². The Morgan fingerprint density at radius 1 is 0.828 bits per heavy atom. The Hall–Kier alpha value is -3.03. The Kier molecular flexibility index (Phi) is 4.41. The smallest absolute Gasteiger partial charge is 0.266 e. The molecule has 2 aliphatic heterocycles. The molecule has 2 aromatic carbocycles. The highest BCUT2D eigenvalue weighted by Gasteiger charge is 2.60. The number of fused-ring (bicyclic) bond motifs is 1. The second-order valence-corrected chi connectivity index (χ2v) is 7.84. The lowest BCUT2D eigenvalue weighted by atomic mass is 9.91. The topological polar surface area (TPSA) is 62.7 Å². The van der Waals surface area contributed by atoms with Crippen molar-refractivity contribution in [2.45, 2.75) is 12.1 Å². The quantitative estimate of drug-likeness (QED) is 0.567. The van der Waals surface area contributed by atoms with Crippen molar-refractivity contribution in [3.63, 3.8) is 0 Å². The molecule has 0 radical (unpaired) electrons. The standard InChI is InChI=1S/C22H16BrN3O3/c23-15-6-8-16(9-7-15)25-21(27)18-19(14-10-12-24-13-11-14)26(29-20(18)22(25)28)17-4-2-1-3-5-17/h1-13,18-20H/t18-,19+,20+/m0/s1. The van der Waals surface area contributed by atoms with Crippen LogP contribution in [0.2, 0.25) is 0 Å². The van der Waals surface area contributed by atoms with Gasteiger partial charge in [0.15, 0.2) is 6.10 Å². The van der Waals surface area contributed by atoms with Crippen molar-refractivity contribution in [1.82, 2.24) is 4.98 Å². The van der Waals surface area contributed by atoms with Crippen LogP contribution in [0.1, 0.15) is 11.6 Å². The minimum absolute atomic E-state index is 0.262. The molecular formula is C22H16BrN3O3. The molecule has 1 aromatic heterocycles. The lowest BCUT2D eigenvalue weighted by Crippen LogP contribution is -2.37. The third-order valence-electron chi connectivity index (χ3n) is 5.26. The third-order valence-corrected chi connectivity index (χ3v) is 5.79. The molecule has 7 heteroatoms. The van der Waals surface area contributed by atoms with Crippen LogP contribution in [-0.4, -0.2) is 22.9 Å². The lowest BCUT2D eigenvalue weighted by Gasteiger charge is -2.28. The van der Waals surface area contributed by atoms with E-state index < -0.39 is 18.1 Å². The van der Waals surface area contributed by atoms with E-state index >= 15 is 0 Å². The molecule has 0 unspecified atom stereocenters. The summed E-state index contributed by atoms with van der Waals surface area (Å²) in [5.41, 5.74) is 2.20. The third kappa shape index (κ3) is 2.94. The van der Waals surface area contributed by atoms with Gasteiger partial charge < -0.3 is 0 Å². The number of anilines is 2. The number of benzene rings is 2. The first kappa shape index (κ1) is 18.0. The van der Waals surface area contributed by atoms with Crippen LogP contribution in [0.5, 0.6) is 0 Å². The van der Waals surface area contributed by atoms with Gasteiger partial charge in [-0.2, -0.15) is 0 Å². The van der Waals surface area contributed by atoms with E-state index in [4.69, 9.17) is 4.84 Å². The Morgan fingerprint density at radius 3 is 2.21 bits per heavy atom.